The van der Waals surface area contributed by atoms with Crippen molar-refractivity contribution in [3.05, 3.63) is 71.3 Å². The number of para-hydroxylation sites is 4. The van der Waals surface area contributed by atoms with Crippen molar-refractivity contribution in [3.63, 3.8) is 0 Å². The molecule has 46 heavy (non-hydrogen) atoms. The van der Waals surface area contributed by atoms with Gasteiger partial charge in [0.2, 0.25) is 11.6 Å². The average molecular weight is 702 g/mol. The smallest absolute Gasteiger partial charge is 0.219 e. The van der Waals surface area contributed by atoms with E-state index in [0.717, 1.165) is 22.1 Å². The quantitative estimate of drug-likeness (QED) is 0.165. The van der Waals surface area contributed by atoms with Gasteiger partial charge in [-0.15, -0.1) is 46.4 Å². The van der Waals surface area contributed by atoms with Crippen LogP contribution in [0.15, 0.2) is 48.5 Å². The molecule has 12 heteroatoms. The van der Waals surface area contributed by atoms with E-state index in [1.807, 2.05) is 48.5 Å². The second-order valence-electron chi connectivity index (χ2n) is 13.3. The Morgan fingerprint density at radius 2 is 0.674 bits per heavy atom. The topological polar surface area (TPSA) is 88.5 Å². The van der Waals surface area contributed by atoms with Crippen molar-refractivity contribution in [2.75, 3.05) is 28.4 Å². The van der Waals surface area contributed by atoms with E-state index >= 15 is 0 Å². The molecular weight excluding hydrogens is 670 g/mol. The van der Waals surface area contributed by atoms with Crippen LogP contribution < -0.4 is 0 Å². The third kappa shape index (κ3) is 2.85. The lowest BCUT2D eigenvalue weighted by atomic mass is 9.65. The highest BCUT2D eigenvalue weighted by atomic mass is 35.5. The minimum absolute atomic E-state index is 0.178. The Balaban J connectivity index is 1.24. The van der Waals surface area contributed by atoms with Gasteiger partial charge in [0.15, 0.2) is 0 Å². The van der Waals surface area contributed by atoms with E-state index in [-0.39, 0.29) is 23.7 Å². The molecule has 0 amide bonds. The van der Waals surface area contributed by atoms with Crippen LogP contribution in [0, 0.1) is 23.7 Å². The van der Waals surface area contributed by atoms with Crippen LogP contribution in [-0.2, 0) is 38.4 Å². The maximum absolute atomic E-state index is 7.91. The Morgan fingerprint density at radius 3 is 0.870 bits per heavy atom. The van der Waals surface area contributed by atoms with E-state index in [4.69, 9.17) is 85.3 Å². The second kappa shape index (κ2) is 9.42. The molecule has 2 aromatic heterocycles. The molecular formula is C34H32Cl4N4O4. The van der Waals surface area contributed by atoms with Crippen molar-refractivity contribution in [3.8, 4) is 0 Å². The fraction of sp³-hybridized carbons (Fsp3) is 0.529. The molecule has 3 saturated carbocycles. The molecule has 0 N–H and O–H groups in total. The summed E-state index contributed by atoms with van der Waals surface area (Å²) in [5.74, 6) is -3.54. The zero-order valence-corrected chi connectivity index (χ0v) is 28.7. The van der Waals surface area contributed by atoms with Crippen LogP contribution >= 0.6 is 46.4 Å². The first-order valence-electron chi connectivity index (χ1n) is 15.6. The van der Waals surface area contributed by atoms with Gasteiger partial charge in [-0.2, -0.15) is 0 Å². The van der Waals surface area contributed by atoms with Gasteiger partial charge in [-0.3, -0.25) is 0 Å². The molecule has 0 saturated heterocycles. The Bertz CT molecular complexity index is 1690. The van der Waals surface area contributed by atoms with Crippen LogP contribution in [0.4, 0.5) is 0 Å². The Labute approximate surface area is 286 Å². The van der Waals surface area contributed by atoms with Crippen molar-refractivity contribution in [2.24, 2.45) is 23.7 Å². The van der Waals surface area contributed by atoms with Gasteiger partial charge < -0.3 is 18.9 Å². The maximum atomic E-state index is 7.91. The van der Waals surface area contributed by atoms with Gasteiger partial charge in [-0.25, -0.2) is 19.9 Å². The van der Waals surface area contributed by atoms with Gasteiger partial charge in [-0.05, 0) is 73.6 Å². The fourth-order valence-electron chi connectivity index (χ4n) is 10.6. The van der Waals surface area contributed by atoms with Crippen molar-refractivity contribution in [2.45, 2.75) is 56.8 Å². The minimum Gasteiger partial charge on any atom is -0.349 e. The predicted octanol–water partition coefficient (Wildman–Crippen LogP) is 7.08. The molecule has 9 rings (SSSR count). The SMILES string of the molecule is COC1(OC)[C@@]2(Cl)c3nc4ccccc4nc3[C@]1(Cl)[C@@H]1CC[C@@H]3[C@H](CC[C@@H]12)[C@]1(Cl)c2nc4ccccc4nc2[C@@]3(Cl)C1(OC)OC. The summed E-state index contributed by atoms with van der Waals surface area (Å²) >= 11 is 31.7. The van der Waals surface area contributed by atoms with Crippen molar-refractivity contribution < 1.29 is 18.9 Å². The molecule has 0 spiro atoms. The van der Waals surface area contributed by atoms with Gasteiger partial charge in [0, 0.05) is 28.4 Å². The molecule has 3 fully saturated rings. The Hall–Kier alpha value is -1.88. The number of methoxy groups -OCH3 is 4. The van der Waals surface area contributed by atoms with Crippen LogP contribution in [0.5, 0.6) is 0 Å². The van der Waals surface area contributed by atoms with E-state index in [1.54, 1.807) is 28.4 Å². The molecule has 8 atom stereocenters. The minimum atomic E-state index is -1.42. The number of alkyl halides is 4. The maximum Gasteiger partial charge on any atom is 0.219 e. The summed E-state index contributed by atoms with van der Waals surface area (Å²) in [7, 11) is 6.40. The van der Waals surface area contributed by atoms with Crippen LogP contribution in [0.1, 0.15) is 48.5 Å². The normalized spacial score (nSPS) is 39.1. The number of hydrogen-bond acceptors (Lipinski definition) is 8. The van der Waals surface area contributed by atoms with E-state index in [0.29, 0.717) is 48.5 Å². The highest BCUT2D eigenvalue weighted by Gasteiger charge is 2.88. The van der Waals surface area contributed by atoms with E-state index in [1.165, 1.54) is 0 Å². The molecule has 0 aliphatic heterocycles. The number of aromatic nitrogens is 4. The molecule has 8 nitrogen and oxygen atoms in total. The number of halogens is 4. The van der Waals surface area contributed by atoms with E-state index < -0.39 is 31.1 Å². The number of nitrogens with zero attached hydrogens (tertiary/aromatic N) is 4. The fourth-order valence-corrected chi connectivity index (χ4v) is 13.5. The van der Waals surface area contributed by atoms with Gasteiger partial charge in [-0.1, -0.05) is 24.3 Å². The lowest BCUT2D eigenvalue weighted by Gasteiger charge is -2.44. The Kier molecular flexibility index (Phi) is 6.18. The number of rotatable bonds is 4. The second-order valence-corrected chi connectivity index (χ2v) is 15.7. The number of hydrogen-bond donors (Lipinski definition) is 0. The van der Waals surface area contributed by atoms with Crippen LogP contribution in [0.25, 0.3) is 22.1 Å². The summed E-state index contributed by atoms with van der Waals surface area (Å²) in [6.07, 6.45) is 2.59. The third-order valence-corrected chi connectivity index (χ3v) is 15.0. The highest BCUT2D eigenvalue weighted by Crippen LogP contribution is 2.81. The number of benzene rings is 2. The van der Waals surface area contributed by atoms with E-state index in [2.05, 4.69) is 0 Å². The summed E-state index contributed by atoms with van der Waals surface area (Å²) < 4.78 is 25.2. The zero-order valence-electron chi connectivity index (χ0n) is 25.7. The van der Waals surface area contributed by atoms with Crippen molar-refractivity contribution in [1.82, 2.24) is 19.9 Å². The predicted molar refractivity (Wildman–Crippen MR) is 175 cm³/mol. The van der Waals surface area contributed by atoms with Crippen molar-refractivity contribution >= 4 is 68.5 Å². The standard InChI is InChI=1S/C34H32Cl4N4O4/c1-43-33(44-2)29(35)17-13-15-19-20(16-14-18(17)30(33,36)26-25(29)39-21-9-5-6-10-22(21)40-26)32(38)28-27(31(19,37)34(32,45-3)46-4)41-23-11-7-8-12-24(23)42-28/h5-12,17-20H,13-16H2,1-4H3/t17-,18+,19-,20+,29-,30+,31-,32+. The van der Waals surface area contributed by atoms with Crippen LogP contribution in [0.3, 0.4) is 0 Å². The molecule has 0 unspecified atom stereocenters. The lowest BCUT2D eigenvalue weighted by Crippen LogP contribution is -2.54. The van der Waals surface area contributed by atoms with E-state index in [9.17, 15) is 0 Å². The van der Waals surface area contributed by atoms with Crippen LogP contribution in [0.2, 0.25) is 0 Å². The average Bonchev–Trinajstić information content (AvgIpc) is 3.48. The lowest BCUT2D eigenvalue weighted by molar-refractivity contribution is -0.239. The first kappa shape index (κ1) is 30.2. The van der Waals surface area contributed by atoms with Crippen molar-refractivity contribution in [1.29, 1.82) is 0 Å². The zero-order chi connectivity index (χ0) is 32.1. The number of ether oxygens (including phenoxy) is 4. The molecule has 240 valence electrons. The number of fused-ring (bicyclic) bond motifs is 18. The van der Waals surface area contributed by atoms with Crippen LogP contribution in [-0.4, -0.2) is 59.9 Å². The molecule has 4 aromatic rings. The summed E-state index contributed by atoms with van der Waals surface area (Å²) in [5, 5.41) is 0. The van der Waals surface area contributed by atoms with Gasteiger partial charge in [0.25, 0.3) is 0 Å². The van der Waals surface area contributed by atoms with Gasteiger partial charge in [0.1, 0.15) is 19.5 Å². The Morgan fingerprint density at radius 1 is 0.457 bits per heavy atom. The van der Waals surface area contributed by atoms with Gasteiger partial charge in [0.05, 0.1) is 44.8 Å². The summed E-state index contributed by atoms with van der Waals surface area (Å²) in [6.45, 7) is 0. The largest absolute Gasteiger partial charge is 0.349 e. The summed E-state index contributed by atoms with van der Waals surface area (Å²) in [5.41, 5.74) is 5.39. The summed E-state index contributed by atoms with van der Waals surface area (Å²) in [6, 6.07) is 15.5. The first-order valence-corrected chi connectivity index (χ1v) is 17.1. The first-order chi connectivity index (χ1) is 22.1. The van der Waals surface area contributed by atoms with Gasteiger partial charge >= 0.3 is 0 Å². The molecule has 2 aromatic carbocycles. The molecule has 5 aliphatic carbocycles. The molecule has 0 radical (unpaired) electrons. The monoisotopic (exact) mass is 700 g/mol. The third-order valence-electron chi connectivity index (χ3n) is 12.2. The molecule has 4 bridgehead atoms. The summed E-state index contributed by atoms with van der Waals surface area (Å²) in [4.78, 5) is 15.5. The molecule has 5 aliphatic rings. The molecule has 2 heterocycles. The highest BCUT2D eigenvalue weighted by molar-refractivity contribution is 6.33.